The van der Waals surface area contributed by atoms with Crippen LogP contribution < -0.4 is 5.73 Å². The molecule has 0 amide bonds. The predicted octanol–water partition coefficient (Wildman–Crippen LogP) is 1.50. The Morgan fingerprint density at radius 1 is 1.26 bits per heavy atom. The topological polar surface area (TPSA) is 95.7 Å². The molecule has 0 saturated carbocycles. The molecule has 2 N–H and O–H groups in total. The van der Waals surface area contributed by atoms with Gasteiger partial charge in [0, 0.05) is 6.92 Å². The van der Waals surface area contributed by atoms with Crippen molar-refractivity contribution in [2.45, 2.75) is 45.1 Å². The summed E-state index contributed by atoms with van der Waals surface area (Å²) >= 11 is 0. The molecular weight excluding hydrogens is 298 g/mol. The summed E-state index contributed by atoms with van der Waals surface area (Å²) < 4.78 is 10.7. The van der Waals surface area contributed by atoms with Crippen LogP contribution in [-0.4, -0.2) is 35.6 Å². The summed E-state index contributed by atoms with van der Waals surface area (Å²) in [4.78, 5) is 34.5. The molecule has 0 heterocycles. The van der Waals surface area contributed by atoms with E-state index >= 15 is 0 Å². The zero-order valence-corrected chi connectivity index (χ0v) is 13.7. The molecule has 0 saturated heterocycles. The molecule has 23 heavy (non-hydrogen) atoms. The SMILES string of the molecule is CC(=O)OC(C=O)(OC(C)(C)C)C(N)C(=C=O)c1ccccc1. The number of nitrogens with two attached hydrogens (primary N) is 1. The Hall–Kier alpha value is -2.27. The van der Waals surface area contributed by atoms with Crippen LogP contribution in [0, 0.1) is 0 Å². The second-order valence-electron chi connectivity index (χ2n) is 6.01. The minimum absolute atomic E-state index is 0.0248. The lowest BCUT2D eigenvalue weighted by molar-refractivity contribution is -0.249. The number of carbonyl (C=O) groups is 2. The Balaban J connectivity index is 3.37. The molecule has 2 atom stereocenters. The maximum absolute atomic E-state index is 11.7. The molecule has 1 aromatic carbocycles. The molecule has 2 unspecified atom stereocenters. The number of hydrogen-bond acceptors (Lipinski definition) is 6. The fraction of sp³-hybridized carbons (Fsp3) is 0.412. The lowest BCUT2D eigenvalue weighted by Crippen LogP contribution is -2.57. The van der Waals surface area contributed by atoms with Crippen LogP contribution in [0.5, 0.6) is 0 Å². The van der Waals surface area contributed by atoms with Crippen LogP contribution in [-0.2, 0) is 23.9 Å². The number of carbonyl (C=O) groups excluding carboxylic acids is 3. The minimum Gasteiger partial charge on any atom is -0.424 e. The minimum atomic E-state index is -2.12. The lowest BCUT2D eigenvalue weighted by atomic mass is 9.94. The van der Waals surface area contributed by atoms with E-state index in [-0.39, 0.29) is 5.57 Å². The first kappa shape index (κ1) is 18.8. The van der Waals surface area contributed by atoms with Gasteiger partial charge in [-0.25, -0.2) is 4.79 Å². The van der Waals surface area contributed by atoms with Gasteiger partial charge in [-0.15, -0.1) is 0 Å². The summed E-state index contributed by atoms with van der Waals surface area (Å²) in [5.41, 5.74) is 5.66. The Morgan fingerprint density at radius 2 is 1.83 bits per heavy atom. The molecule has 124 valence electrons. The van der Waals surface area contributed by atoms with Gasteiger partial charge in [-0.2, -0.15) is 0 Å². The number of hydrogen-bond donors (Lipinski definition) is 1. The van der Waals surface area contributed by atoms with Crippen LogP contribution in [0.1, 0.15) is 33.3 Å². The van der Waals surface area contributed by atoms with Crippen LogP contribution in [0.2, 0.25) is 0 Å². The van der Waals surface area contributed by atoms with E-state index in [2.05, 4.69) is 0 Å². The summed E-state index contributed by atoms with van der Waals surface area (Å²) in [5, 5.41) is 0. The van der Waals surface area contributed by atoms with Gasteiger partial charge >= 0.3 is 5.97 Å². The molecule has 0 radical (unpaired) electrons. The van der Waals surface area contributed by atoms with Crippen LogP contribution in [0.4, 0.5) is 0 Å². The predicted molar refractivity (Wildman–Crippen MR) is 84.9 cm³/mol. The van der Waals surface area contributed by atoms with E-state index in [4.69, 9.17) is 15.2 Å². The first-order valence-corrected chi connectivity index (χ1v) is 7.07. The van der Waals surface area contributed by atoms with E-state index in [1.165, 1.54) is 0 Å². The number of rotatable bonds is 6. The molecule has 0 spiro atoms. The van der Waals surface area contributed by atoms with Gasteiger partial charge in [0.05, 0.1) is 11.2 Å². The second kappa shape index (κ2) is 7.33. The highest BCUT2D eigenvalue weighted by atomic mass is 16.7. The zero-order valence-electron chi connectivity index (χ0n) is 13.7. The van der Waals surface area contributed by atoms with Gasteiger partial charge in [-0.1, -0.05) is 30.3 Å². The third-order valence-electron chi connectivity index (χ3n) is 2.87. The van der Waals surface area contributed by atoms with Crippen LogP contribution >= 0.6 is 0 Å². The average Bonchev–Trinajstić information content (AvgIpc) is 2.46. The molecule has 6 heteroatoms. The monoisotopic (exact) mass is 319 g/mol. The maximum Gasteiger partial charge on any atom is 0.305 e. The molecular formula is C17H21NO5. The Bertz CT molecular complexity index is 614. The van der Waals surface area contributed by atoms with Crippen molar-refractivity contribution in [3.05, 3.63) is 35.9 Å². The van der Waals surface area contributed by atoms with Crippen LogP contribution in [0.3, 0.4) is 0 Å². The lowest BCUT2D eigenvalue weighted by Gasteiger charge is -2.38. The Morgan fingerprint density at radius 3 is 2.22 bits per heavy atom. The van der Waals surface area contributed by atoms with Crippen molar-refractivity contribution < 1.29 is 23.9 Å². The Kier molecular flexibility index (Phi) is 5.98. The number of esters is 1. The van der Waals surface area contributed by atoms with Crippen molar-refractivity contribution in [1.29, 1.82) is 0 Å². The first-order chi connectivity index (χ1) is 10.6. The molecule has 0 fully saturated rings. The standard InChI is InChI=1S/C17H21NO5/c1-12(21)22-17(11-20,23-16(2,3)4)15(18)14(10-19)13-8-6-5-7-9-13/h5-9,11,15H,18H2,1-4H3. The molecule has 0 aliphatic carbocycles. The largest absolute Gasteiger partial charge is 0.424 e. The summed E-state index contributed by atoms with van der Waals surface area (Å²) in [7, 11) is 0. The van der Waals surface area contributed by atoms with Crippen LogP contribution in [0.25, 0.3) is 5.57 Å². The van der Waals surface area contributed by atoms with Crippen molar-refractivity contribution in [2.24, 2.45) is 5.73 Å². The molecule has 0 aliphatic rings. The highest BCUT2D eigenvalue weighted by Gasteiger charge is 2.47. The van der Waals surface area contributed by atoms with Crippen molar-refractivity contribution >= 4 is 23.8 Å². The quantitative estimate of drug-likeness (QED) is 0.369. The van der Waals surface area contributed by atoms with Crippen molar-refractivity contribution in [2.75, 3.05) is 0 Å². The maximum atomic E-state index is 11.7. The van der Waals surface area contributed by atoms with Crippen molar-refractivity contribution in [3.63, 3.8) is 0 Å². The average molecular weight is 319 g/mol. The normalized spacial score (nSPS) is 15.0. The molecule has 0 bridgehead atoms. The number of benzene rings is 1. The van der Waals surface area contributed by atoms with E-state index in [0.717, 1.165) is 6.92 Å². The van der Waals surface area contributed by atoms with Crippen molar-refractivity contribution in [3.8, 4) is 0 Å². The van der Waals surface area contributed by atoms with Gasteiger partial charge in [0.1, 0.15) is 12.0 Å². The van der Waals surface area contributed by atoms with Crippen LogP contribution in [0.15, 0.2) is 30.3 Å². The van der Waals surface area contributed by atoms with Gasteiger partial charge in [-0.3, -0.25) is 9.59 Å². The van der Waals surface area contributed by atoms with Crippen molar-refractivity contribution in [1.82, 2.24) is 0 Å². The fourth-order valence-electron chi connectivity index (χ4n) is 2.09. The van der Waals surface area contributed by atoms with Gasteiger partial charge in [0.25, 0.3) is 5.79 Å². The number of aldehydes is 1. The summed E-state index contributed by atoms with van der Waals surface area (Å²) in [6, 6.07) is 7.13. The fourth-order valence-corrected chi connectivity index (χ4v) is 2.09. The van der Waals surface area contributed by atoms with E-state index < -0.39 is 23.4 Å². The highest BCUT2D eigenvalue weighted by Crippen LogP contribution is 2.29. The van der Waals surface area contributed by atoms with Gasteiger partial charge in [-0.05, 0) is 26.3 Å². The third kappa shape index (κ3) is 4.86. The smallest absolute Gasteiger partial charge is 0.305 e. The molecule has 1 aromatic rings. The molecule has 0 aliphatic heterocycles. The van der Waals surface area contributed by atoms with Gasteiger partial charge < -0.3 is 15.2 Å². The van der Waals surface area contributed by atoms with E-state index in [1.54, 1.807) is 57.0 Å². The van der Waals surface area contributed by atoms with E-state index in [0.29, 0.717) is 11.8 Å². The number of ether oxygens (including phenoxy) is 2. The highest BCUT2D eigenvalue weighted by molar-refractivity contribution is 5.93. The van der Waals surface area contributed by atoms with E-state index in [1.807, 2.05) is 0 Å². The zero-order chi connectivity index (χ0) is 17.7. The third-order valence-corrected chi connectivity index (χ3v) is 2.87. The molecule has 6 nitrogen and oxygen atoms in total. The van der Waals surface area contributed by atoms with Gasteiger partial charge in [0.2, 0.25) is 0 Å². The molecule has 0 aromatic heterocycles. The summed E-state index contributed by atoms with van der Waals surface area (Å²) in [6.07, 6.45) is 0.296. The van der Waals surface area contributed by atoms with E-state index in [9.17, 15) is 14.4 Å². The molecule has 1 rings (SSSR count). The Labute approximate surface area is 135 Å². The summed E-state index contributed by atoms with van der Waals surface area (Å²) in [5.74, 6) is -1.14. The van der Waals surface area contributed by atoms with Gasteiger partial charge in [0.15, 0.2) is 6.29 Å². The second-order valence-corrected chi connectivity index (χ2v) is 6.01. The summed E-state index contributed by atoms with van der Waals surface area (Å²) in [6.45, 7) is 6.15. The first-order valence-electron chi connectivity index (χ1n) is 7.07.